The summed E-state index contributed by atoms with van der Waals surface area (Å²) in [5.74, 6) is -0.0766. The minimum atomic E-state index is -0.808. The van der Waals surface area contributed by atoms with Crippen molar-refractivity contribution in [1.82, 2.24) is 5.32 Å². The molecular formula is C17H29NO3. The van der Waals surface area contributed by atoms with E-state index in [9.17, 15) is 14.7 Å². The normalized spacial score (nSPS) is 39.4. The molecule has 2 saturated carbocycles. The van der Waals surface area contributed by atoms with Crippen molar-refractivity contribution >= 4 is 11.9 Å². The molecule has 2 aliphatic rings. The van der Waals surface area contributed by atoms with Gasteiger partial charge >= 0.3 is 5.97 Å². The molecule has 0 aliphatic heterocycles. The Balaban J connectivity index is 1.97. The summed E-state index contributed by atoms with van der Waals surface area (Å²) < 4.78 is 0. The Bertz CT molecular complexity index is 395. The van der Waals surface area contributed by atoms with E-state index in [0.29, 0.717) is 24.2 Å². The van der Waals surface area contributed by atoms with Crippen molar-refractivity contribution in [2.45, 2.75) is 65.3 Å². The lowest BCUT2D eigenvalue weighted by Gasteiger charge is -2.24. The highest BCUT2D eigenvalue weighted by molar-refractivity contribution is 5.85. The summed E-state index contributed by atoms with van der Waals surface area (Å²) >= 11 is 0. The first-order valence-corrected chi connectivity index (χ1v) is 8.51. The van der Waals surface area contributed by atoms with Gasteiger partial charge < -0.3 is 10.4 Å². The number of aliphatic carboxylic acids is 1. The fourth-order valence-electron chi connectivity index (χ4n) is 4.36. The molecule has 120 valence electrons. The van der Waals surface area contributed by atoms with E-state index in [2.05, 4.69) is 26.1 Å². The molecule has 0 spiro atoms. The number of hydrogen-bond donors (Lipinski definition) is 2. The van der Waals surface area contributed by atoms with Crippen LogP contribution in [0.25, 0.3) is 0 Å². The molecule has 2 aliphatic carbocycles. The highest BCUT2D eigenvalue weighted by Gasteiger charge is 2.43. The maximum absolute atomic E-state index is 12.5. The number of carbonyl (C=O) groups excluding carboxylic acids is 1. The third kappa shape index (κ3) is 3.41. The Labute approximate surface area is 127 Å². The number of hydrogen-bond acceptors (Lipinski definition) is 2. The summed E-state index contributed by atoms with van der Waals surface area (Å²) in [6, 6.07) is 0.234. The van der Waals surface area contributed by atoms with E-state index >= 15 is 0 Å². The second kappa shape index (κ2) is 6.80. The SMILES string of the molecule is CCC1CC(C(=O)O)C(C(=O)NC2CCC(CC)C2C)C1. The molecule has 0 aromatic rings. The molecule has 0 aromatic heterocycles. The van der Waals surface area contributed by atoms with Crippen LogP contribution in [0.15, 0.2) is 0 Å². The summed E-state index contributed by atoms with van der Waals surface area (Å²) in [7, 11) is 0. The van der Waals surface area contributed by atoms with Crippen LogP contribution in [0.4, 0.5) is 0 Å². The Kier molecular flexibility index (Phi) is 5.28. The highest BCUT2D eigenvalue weighted by Crippen LogP contribution is 2.39. The Morgan fingerprint density at radius 3 is 2.29 bits per heavy atom. The van der Waals surface area contributed by atoms with Gasteiger partial charge in [0, 0.05) is 6.04 Å². The van der Waals surface area contributed by atoms with Gasteiger partial charge in [-0.1, -0.05) is 33.6 Å². The van der Waals surface area contributed by atoms with Crippen LogP contribution in [0, 0.1) is 29.6 Å². The smallest absolute Gasteiger partial charge is 0.307 e. The number of rotatable bonds is 5. The predicted molar refractivity (Wildman–Crippen MR) is 81.7 cm³/mol. The first-order chi connectivity index (χ1) is 9.97. The highest BCUT2D eigenvalue weighted by atomic mass is 16.4. The maximum atomic E-state index is 12.5. The van der Waals surface area contributed by atoms with Crippen LogP contribution in [0.5, 0.6) is 0 Å². The molecule has 0 aromatic carbocycles. The van der Waals surface area contributed by atoms with Gasteiger partial charge in [-0.25, -0.2) is 0 Å². The van der Waals surface area contributed by atoms with Crippen LogP contribution in [-0.4, -0.2) is 23.0 Å². The topological polar surface area (TPSA) is 66.4 Å². The van der Waals surface area contributed by atoms with Gasteiger partial charge in [0.1, 0.15) is 0 Å². The van der Waals surface area contributed by atoms with Crippen molar-refractivity contribution in [2.75, 3.05) is 0 Å². The van der Waals surface area contributed by atoms with Crippen LogP contribution < -0.4 is 5.32 Å². The largest absolute Gasteiger partial charge is 0.481 e. The molecule has 0 heterocycles. The van der Waals surface area contributed by atoms with Crippen molar-refractivity contribution in [1.29, 1.82) is 0 Å². The first kappa shape index (κ1) is 16.3. The zero-order chi connectivity index (χ0) is 15.6. The van der Waals surface area contributed by atoms with Gasteiger partial charge in [0.25, 0.3) is 0 Å². The molecule has 1 amide bonds. The van der Waals surface area contributed by atoms with Crippen molar-refractivity contribution < 1.29 is 14.7 Å². The van der Waals surface area contributed by atoms with Crippen molar-refractivity contribution in [3.8, 4) is 0 Å². The number of carboxylic acid groups (broad SMARTS) is 1. The summed E-state index contributed by atoms with van der Waals surface area (Å²) in [5.41, 5.74) is 0. The van der Waals surface area contributed by atoms with Crippen molar-refractivity contribution in [2.24, 2.45) is 29.6 Å². The Morgan fingerprint density at radius 2 is 1.76 bits per heavy atom. The van der Waals surface area contributed by atoms with Crippen LogP contribution in [0.1, 0.15) is 59.3 Å². The lowest BCUT2D eigenvalue weighted by Crippen LogP contribution is -2.43. The van der Waals surface area contributed by atoms with Crippen molar-refractivity contribution in [3.05, 3.63) is 0 Å². The Morgan fingerprint density at radius 1 is 1.10 bits per heavy atom. The van der Waals surface area contributed by atoms with Crippen LogP contribution in [0.3, 0.4) is 0 Å². The summed E-state index contributed by atoms with van der Waals surface area (Å²) in [5, 5.41) is 12.5. The molecule has 2 fully saturated rings. The number of carbonyl (C=O) groups is 2. The van der Waals surface area contributed by atoms with Gasteiger partial charge in [0.15, 0.2) is 0 Å². The second-order valence-corrected chi connectivity index (χ2v) is 7.02. The maximum Gasteiger partial charge on any atom is 0.307 e. The quantitative estimate of drug-likeness (QED) is 0.819. The molecule has 6 atom stereocenters. The summed E-state index contributed by atoms with van der Waals surface area (Å²) in [6.07, 6.45) is 5.72. The minimum Gasteiger partial charge on any atom is -0.481 e. The predicted octanol–water partition coefficient (Wildman–Crippen LogP) is 3.06. The molecule has 0 radical (unpaired) electrons. The van der Waals surface area contributed by atoms with E-state index in [4.69, 9.17) is 0 Å². The average molecular weight is 295 g/mol. The standard InChI is InChI=1S/C17H29NO3/c1-4-11-8-13(14(9-11)17(20)21)16(19)18-15-7-6-12(5-2)10(15)3/h10-15H,4-9H2,1-3H3,(H,18,19)(H,20,21). The monoisotopic (exact) mass is 295 g/mol. The van der Waals surface area contributed by atoms with Crippen molar-refractivity contribution in [3.63, 3.8) is 0 Å². The fourth-order valence-corrected chi connectivity index (χ4v) is 4.36. The van der Waals surface area contributed by atoms with E-state index in [1.54, 1.807) is 0 Å². The number of nitrogens with one attached hydrogen (secondary N) is 1. The molecule has 4 nitrogen and oxygen atoms in total. The lowest BCUT2D eigenvalue weighted by molar-refractivity contribution is -0.146. The molecular weight excluding hydrogens is 266 g/mol. The van der Waals surface area contributed by atoms with Gasteiger partial charge in [-0.05, 0) is 43.4 Å². The summed E-state index contributed by atoms with van der Waals surface area (Å²) in [6.45, 7) is 6.49. The van der Waals surface area contributed by atoms with Crippen LogP contribution >= 0.6 is 0 Å². The molecule has 2 rings (SSSR count). The van der Waals surface area contributed by atoms with E-state index < -0.39 is 11.9 Å². The van der Waals surface area contributed by atoms with Gasteiger partial charge in [0.2, 0.25) is 5.91 Å². The van der Waals surface area contributed by atoms with Crippen LogP contribution in [-0.2, 0) is 9.59 Å². The third-order valence-electron chi connectivity index (χ3n) is 5.97. The molecule has 4 heteroatoms. The lowest BCUT2D eigenvalue weighted by atomic mass is 9.92. The average Bonchev–Trinajstić information content (AvgIpc) is 3.03. The first-order valence-electron chi connectivity index (χ1n) is 8.51. The van der Waals surface area contributed by atoms with E-state index in [1.807, 2.05) is 0 Å². The van der Waals surface area contributed by atoms with Gasteiger partial charge in [0.05, 0.1) is 11.8 Å². The zero-order valence-corrected chi connectivity index (χ0v) is 13.5. The molecule has 2 N–H and O–H groups in total. The fraction of sp³-hybridized carbons (Fsp3) is 0.882. The number of amides is 1. The van der Waals surface area contributed by atoms with E-state index in [0.717, 1.165) is 25.7 Å². The Hall–Kier alpha value is -1.06. The van der Waals surface area contributed by atoms with Gasteiger partial charge in [-0.15, -0.1) is 0 Å². The van der Waals surface area contributed by atoms with Crippen LogP contribution in [0.2, 0.25) is 0 Å². The van der Waals surface area contributed by atoms with Gasteiger partial charge in [-0.3, -0.25) is 9.59 Å². The molecule has 21 heavy (non-hydrogen) atoms. The molecule has 0 saturated heterocycles. The number of carboxylic acids is 1. The third-order valence-corrected chi connectivity index (χ3v) is 5.97. The summed E-state index contributed by atoms with van der Waals surface area (Å²) in [4.78, 5) is 23.9. The van der Waals surface area contributed by atoms with Gasteiger partial charge in [-0.2, -0.15) is 0 Å². The second-order valence-electron chi connectivity index (χ2n) is 7.02. The van der Waals surface area contributed by atoms with E-state index in [-0.39, 0.29) is 17.9 Å². The minimum absolute atomic E-state index is 0.0213. The molecule has 6 unspecified atom stereocenters. The van der Waals surface area contributed by atoms with E-state index in [1.165, 1.54) is 6.42 Å². The zero-order valence-electron chi connectivity index (χ0n) is 13.5. The molecule has 0 bridgehead atoms.